The Morgan fingerprint density at radius 1 is 1.00 bits per heavy atom. The number of fused-ring (bicyclic) bond motifs is 1. The van der Waals surface area contributed by atoms with E-state index in [1.54, 1.807) is 36.7 Å². The van der Waals surface area contributed by atoms with Gasteiger partial charge in [0, 0.05) is 18.8 Å². The summed E-state index contributed by atoms with van der Waals surface area (Å²) in [5.74, 6) is -0.0165. The topological polar surface area (TPSA) is 88.7 Å². The van der Waals surface area contributed by atoms with Gasteiger partial charge in [0.1, 0.15) is 17.3 Å². The third-order valence-corrected chi connectivity index (χ3v) is 6.61. The Balaban J connectivity index is 1.62. The fourth-order valence-corrected chi connectivity index (χ4v) is 4.89. The maximum absolute atomic E-state index is 13.3. The van der Waals surface area contributed by atoms with Crippen molar-refractivity contribution in [2.45, 2.75) is 17.4 Å². The van der Waals surface area contributed by atoms with Crippen LogP contribution in [-0.2, 0) is 10.0 Å². The summed E-state index contributed by atoms with van der Waals surface area (Å²) in [7, 11) is -4.03. The van der Waals surface area contributed by atoms with Gasteiger partial charge in [0.05, 0.1) is 28.2 Å². The van der Waals surface area contributed by atoms with Crippen LogP contribution >= 0.6 is 0 Å². The molecule has 0 unspecified atom stereocenters. The first-order valence-electron chi connectivity index (χ1n) is 9.14. The summed E-state index contributed by atoms with van der Waals surface area (Å²) in [6.45, 7) is 0. The highest BCUT2D eigenvalue weighted by molar-refractivity contribution is 7.89. The molecule has 0 radical (unpaired) electrons. The van der Waals surface area contributed by atoms with Crippen LogP contribution in [0.15, 0.2) is 87.7 Å². The molecule has 150 valence electrons. The van der Waals surface area contributed by atoms with Gasteiger partial charge in [-0.3, -0.25) is 9.97 Å². The number of hydrazone groups is 1. The SMILES string of the molecule is O=S(=O)(c1ccc(F)cc1)N1N=C(c2ccco2)C[C@H]1c1ccc2nccnc2c1. The van der Waals surface area contributed by atoms with Crippen LogP contribution in [0.1, 0.15) is 23.8 Å². The van der Waals surface area contributed by atoms with Crippen LogP contribution in [0.4, 0.5) is 4.39 Å². The highest BCUT2D eigenvalue weighted by atomic mass is 32.2. The summed E-state index contributed by atoms with van der Waals surface area (Å²) in [4.78, 5) is 8.52. The predicted molar refractivity (Wildman–Crippen MR) is 108 cm³/mol. The molecule has 0 fully saturated rings. The van der Waals surface area contributed by atoms with Crippen LogP contribution < -0.4 is 0 Å². The van der Waals surface area contributed by atoms with E-state index >= 15 is 0 Å². The van der Waals surface area contributed by atoms with Crippen molar-refractivity contribution < 1.29 is 17.2 Å². The van der Waals surface area contributed by atoms with Crippen LogP contribution in [0, 0.1) is 5.82 Å². The number of benzene rings is 2. The Hall–Kier alpha value is -3.59. The number of halogens is 1. The van der Waals surface area contributed by atoms with Crippen LogP contribution in [0.5, 0.6) is 0 Å². The van der Waals surface area contributed by atoms with Crippen LogP contribution in [0.25, 0.3) is 11.0 Å². The predicted octanol–water partition coefficient (Wildman–Crippen LogP) is 3.90. The van der Waals surface area contributed by atoms with Gasteiger partial charge < -0.3 is 4.42 Å². The van der Waals surface area contributed by atoms with Crippen molar-refractivity contribution in [2.24, 2.45) is 5.10 Å². The van der Waals surface area contributed by atoms with E-state index in [0.717, 1.165) is 22.1 Å². The molecule has 0 saturated carbocycles. The van der Waals surface area contributed by atoms with Gasteiger partial charge in [0.15, 0.2) is 0 Å². The third kappa shape index (κ3) is 3.13. The fourth-order valence-electron chi connectivity index (χ4n) is 3.45. The highest BCUT2D eigenvalue weighted by Crippen LogP contribution is 2.37. The number of furan rings is 1. The number of hydrogen-bond donors (Lipinski definition) is 0. The van der Waals surface area contributed by atoms with E-state index in [1.807, 2.05) is 6.07 Å². The second-order valence-electron chi connectivity index (χ2n) is 6.78. The number of sulfonamides is 1. The molecule has 0 aliphatic carbocycles. The molecule has 1 aliphatic heterocycles. The fraction of sp³-hybridized carbons (Fsp3) is 0.0952. The van der Waals surface area contributed by atoms with Crippen molar-refractivity contribution in [3.8, 4) is 0 Å². The molecule has 3 heterocycles. The minimum absolute atomic E-state index is 0.0427. The van der Waals surface area contributed by atoms with Crippen LogP contribution in [-0.4, -0.2) is 28.5 Å². The van der Waals surface area contributed by atoms with E-state index in [4.69, 9.17) is 4.42 Å². The molecule has 9 heteroatoms. The lowest BCUT2D eigenvalue weighted by Crippen LogP contribution is -2.27. The molecule has 2 aromatic carbocycles. The Morgan fingerprint density at radius 3 is 2.50 bits per heavy atom. The van der Waals surface area contributed by atoms with Gasteiger partial charge in [-0.15, -0.1) is 0 Å². The first-order valence-corrected chi connectivity index (χ1v) is 10.6. The second-order valence-corrected chi connectivity index (χ2v) is 8.58. The zero-order valence-electron chi connectivity index (χ0n) is 15.5. The standard InChI is InChI=1S/C21H15FN4O3S/c22-15-4-6-16(7-5-15)30(27,28)26-20(13-19(25-26)21-2-1-11-29-21)14-3-8-17-18(12-14)24-10-9-23-17/h1-12,20H,13H2/t20-/m0/s1. The molecule has 2 aromatic heterocycles. The van der Waals surface area contributed by atoms with Crippen molar-refractivity contribution in [1.29, 1.82) is 0 Å². The zero-order valence-corrected chi connectivity index (χ0v) is 16.3. The average molecular weight is 422 g/mol. The Morgan fingerprint density at radius 2 is 1.77 bits per heavy atom. The van der Waals surface area contributed by atoms with Crippen molar-refractivity contribution in [1.82, 2.24) is 14.4 Å². The molecule has 0 N–H and O–H groups in total. The van der Waals surface area contributed by atoms with Gasteiger partial charge in [-0.05, 0) is 54.1 Å². The van der Waals surface area contributed by atoms with Gasteiger partial charge in [0.25, 0.3) is 10.0 Å². The van der Waals surface area contributed by atoms with E-state index in [9.17, 15) is 12.8 Å². The maximum Gasteiger partial charge on any atom is 0.279 e. The van der Waals surface area contributed by atoms with Crippen molar-refractivity contribution in [3.63, 3.8) is 0 Å². The van der Waals surface area contributed by atoms with Gasteiger partial charge in [-0.25, -0.2) is 4.39 Å². The monoisotopic (exact) mass is 422 g/mol. The summed E-state index contributed by atoms with van der Waals surface area (Å²) in [5, 5.41) is 4.38. The first kappa shape index (κ1) is 18.4. The smallest absolute Gasteiger partial charge is 0.279 e. The lowest BCUT2D eigenvalue weighted by molar-refractivity contribution is 0.371. The first-order chi connectivity index (χ1) is 14.5. The molecule has 1 atom stereocenters. The van der Waals surface area contributed by atoms with Gasteiger partial charge in [0.2, 0.25) is 0 Å². The Bertz CT molecular complexity index is 1350. The molecular formula is C21H15FN4O3S. The third-order valence-electron chi connectivity index (χ3n) is 4.91. The van der Waals surface area contributed by atoms with Gasteiger partial charge >= 0.3 is 0 Å². The van der Waals surface area contributed by atoms with Crippen molar-refractivity contribution in [3.05, 3.63) is 90.4 Å². The maximum atomic E-state index is 13.3. The Kier molecular flexibility index (Phi) is 4.32. The van der Waals surface area contributed by atoms with E-state index < -0.39 is 21.9 Å². The number of rotatable bonds is 4. The van der Waals surface area contributed by atoms with Crippen molar-refractivity contribution in [2.75, 3.05) is 0 Å². The van der Waals surface area contributed by atoms with E-state index in [-0.39, 0.29) is 4.90 Å². The average Bonchev–Trinajstić information content (AvgIpc) is 3.44. The minimum atomic E-state index is -4.03. The summed E-state index contributed by atoms with van der Waals surface area (Å²) in [6, 6.07) is 12.9. The lowest BCUT2D eigenvalue weighted by atomic mass is 10.0. The molecular weight excluding hydrogens is 407 g/mol. The molecule has 0 spiro atoms. The number of aromatic nitrogens is 2. The molecule has 4 aromatic rings. The molecule has 0 amide bonds. The molecule has 30 heavy (non-hydrogen) atoms. The summed E-state index contributed by atoms with van der Waals surface area (Å²) in [5.41, 5.74) is 2.59. The van der Waals surface area contributed by atoms with E-state index in [2.05, 4.69) is 15.1 Å². The zero-order chi connectivity index (χ0) is 20.7. The normalized spacial score (nSPS) is 16.8. The summed E-state index contributed by atoms with van der Waals surface area (Å²) < 4.78 is 46.5. The largest absolute Gasteiger partial charge is 0.463 e. The minimum Gasteiger partial charge on any atom is -0.463 e. The molecule has 0 bridgehead atoms. The number of nitrogens with zero attached hydrogens (tertiary/aromatic N) is 4. The Labute approximate surface area is 171 Å². The lowest BCUT2D eigenvalue weighted by Gasteiger charge is -2.23. The van der Waals surface area contributed by atoms with Crippen LogP contribution in [0.2, 0.25) is 0 Å². The summed E-state index contributed by atoms with van der Waals surface area (Å²) in [6.07, 6.45) is 5.01. The second kappa shape index (κ2) is 7.03. The highest BCUT2D eigenvalue weighted by Gasteiger charge is 2.38. The van der Waals surface area contributed by atoms with Gasteiger partial charge in [-0.1, -0.05) is 6.07 Å². The van der Waals surface area contributed by atoms with Crippen molar-refractivity contribution >= 4 is 26.8 Å². The van der Waals surface area contributed by atoms with E-state index in [1.165, 1.54) is 18.4 Å². The molecule has 5 rings (SSSR count). The van der Waals surface area contributed by atoms with E-state index in [0.29, 0.717) is 28.9 Å². The quantitative estimate of drug-likeness (QED) is 0.498. The van der Waals surface area contributed by atoms with Gasteiger partial charge in [-0.2, -0.15) is 17.9 Å². The molecule has 1 aliphatic rings. The van der Waals surface area contributed by atoms with Crippen LogP contribution in [0.3, 0.4) is 0 Å². The molecule has 0 saturated heterocycles. The summed E-state index contributed by atoms with van der Waals surface area (Å²) >= 11 is 0. The number of hydrogen-bond acceptors (Lipinski definition) is 6. The molecule has 7 nitrogen and oxygen atoms in total.